The Morgan fingerprint density at radius 3 is 2.44 bits per heavy atom. The number of aromatic nitrogens is 2. The van der Waals surface area contributed by atoms with E-state index in [0.717, 1.165) is 12.8 Å². The van der Waals surface area contributed by atoms with Crippen molar-refractivity contribution in [3.63, 3.8) is 0 Å². The smallest absolute Gasteiger partial charge is 0.275 e. The lowest BCUT2D eigenvalue weighted by Gasteiger charge is -2.16. The van der Waals surface area contributed by atoms with Gasteiger partial charge in [-0.25, -0.2) is 9.97 Å². The number of nitrogens with zero attached hydrogens (tertiary/aromatic N) is 2. The second-order valence-electron chi connectivity index (χ2n) is 6.20. The second-order valence-corrected chi connectivity index (χ2v) is 7.04. The quantitative estimate of drug-likeness (QED) is 0.720. The van der Waals surface area contributed by atoms with Crippen molar-refractivity contribution in [1.82, 2.24) is 9.97 Å². The number of carbonyl (C=O) groups is 1. The Kier molecular flexibility index (Phi) is 6.10. The predicted molar refractivity (Wildman–Crippen MR) is 102 cm³/mol. The van der Waals surface area contributed by atoms with Crippen LogP contribution in [-0.2, 0) is 0 Å². The maximum absolute atomic E-state index is 12.3. The summed E-state index contributed by atoms with van der Waals surface area (Å²) in [6.45, 7) is 0. The topological polar surface area (TPSA) is 66.9 Å². The first-order valence-electron chi connectivity index (χ1n) is 8.47. The molecule has 132 valence electrons. The molecule has 7 heteroatoms. The van der Waals surface area contributed by atoms with Gasteiger partial charge in [0.15, 0.2) is 0 Å². The Morgan fingerprint density at radius 2 is 1.80 bits per heavy atom. The molecule has 0 saturated heterocycles. The third kappa shape index (κ3) is 5.06. The lowest BCUT2D eigenvalue weighted by molar-refractivity contribution is 0.102. The number of nitrogens with one attached hydrogen (secondary N) is 2. The molecule has 2 aromatic rings. The number of carbonyl (C=O) groups excluding carboxylic acids is 1. The largest absolute Gasteiger partial charge is 0.366 e. The van der Waals surface area contributed by atoms with E-state index < -0.39 is 0 Å². The normalized spacial score (nSPS) is 15.4. The molecule has 1 saturated carbocycles. The highest BCUT2D eigenvalue weighted by molar-refractivity contribution is 6.36. The monoisotopic (exact) mass is 378 g/mol. The van der Waals surface area contributed by atoms with E-state index in [0.29, 0.717) is 27.6 Å². The Hall–Kier alpha value is -1.85. The summed E-state index contributed by atoms with van der Waals surface area (Å²) in [6, 6.07) is 5.32. The van der Waals surface area contributed by atoms with Gasteiger partial charge < -0.3 is 10.6 Å². The molecule has 1 fully saturated rings. The summed E-state index contributed by atoms with van der Waals surface area (Å²) >= 11 is 11.9. The molecule has 1 aromatic heterocycles. The molecule has 0 atom stereocenters. The highest BCUT2D eigenvalue weighted by atomic mass is 35.5. The third-order valence-corrected chi connectivity index (χ3v) is 4.82. The molecule has 0 unspecified atom stereocenters. The van der Waals surface area contributed by atoms with Crippen LogP contribution >= 0.6 is 23.2 Å². The van der Waals surface area contributed by atoms with Crippen molar-refractivity contribution in [3.05, 3.63) is 46.3 Å². The van der Waals surface area contributed by atoms with Gasteiger partial charge in [-0.15, -0.1) is 0 Å². The van der Waals surface area contributed by atoms with Crippen molar-refractivity contribution in [2.45, 2.75) is 44.6 Å². The fourth-order valence-corrected chi connectivity index (χ4v) is 3.39. The Labute approximate surface area is 157 Å². The molecule has 1 aliphatic carbocycles. The summed E-state index contributed by atoms with van der Waals surface area (Å²) < 4.78 is 0. The number of rotatable bonds is 4. The molecule has 0 aliphatic heterocycles. The fourth-order valence-electron chi connectivity index (χ4n) is 2.93. The van der Waals surface area contributed by atoms with Gasteiger partial charge in [-0.1, -0.05) is 48.9 Å². The molecule has 1 amide bonds. The number of halogens is 2. The standard InChI is InChI=1S/C18H20Cl2N4O/c19-12-7-8-15(14(20)9-12)24-18(25)16-10-22-17(11-21-16)23-13-5-3-1-2-4-6-13/h7-11,13H,1-6H2,(H,22,23)(H,24,25). The molecule has 0 bridgehead atoms. The van der Waals surface area contributed by atoms with Crippen molar-refractivity contribution in [1.29, 1.82) is 0 Å². The van der Waals surface area contributed by atoms with Gasteiger partial charge in [0.05, 0.1) is 23.1 Å². The van der Waals surface area contributed by atoms with Crippen molar-refractivity contribution >= 4 is 40.6 Å². The predicted octanol–water partition coefficient (Wildman–Crippen LogP) is 5.17. The first kappa shape index (κ1) is 18.0. The van der Waals surface area contributed by atoms with Crippen molar-refractivity contribution in [2.24, 2.45) is 0 Å². The van der Waals surface area contributed by atoms with E-state index >= 15 is 0 Å². The van der Waals surface area contributed by atoms with Gasteiger partial charge in [-0.3, -0.25) is 4.79 Å². The second kappa shape index (κ2) is 8.50. The summed E-state index contributed by atoms with van der Waals surface area (Å²) in [5.41, 5.74) is 0.718. The Morgan fingerprint density at radius 1 is 1.04 bits per heavy atom. The van der Waals surface area contributed by atoms with Gasteiger partial charge in [-0.2, -0.15) is 0 Å². The minimum Gasteiger partial charge on any atom is -0.366 e. The van der Waals surface area contributed by atoms with Crippen LogP contribution in [0.25, 0.3) is 0 Å². The van der Waals surface area contributed by atoms with Crippen molar-refractivity contribution < 1.29 is 4.79 Å². The number of hydrogen-bond acceptors (Lipinski definition) is 4. The summed E-state index contributed by atoms with van der Waals surface area (Å²) in [5, 5.41) is 7.01. The van der Waals surface area contributed by atoms with Gasteiger partial charge in [0.1, 0.15) is 11.5 Å². The first-order valence-corrected chi connectivity index (χ1v) is 9.22. The molecular weight excluding hydrogens is 359 g/mol. The van der Waals surface area contributed by atoms with Gasteiger partial charge in [-0.05, 0) is 31.0 Å². The molecule has 1 aromatic carbocycles. The molecule has 0 radical (unpaired) electrons. The van der Waals surface area contributed by atoms with Crippen LogP contribution in [0.4, 0.5) is 11.5 Å². The van der Waals surface area contributed by atoms with Crippen LogP contribution in [0.3, 0.4) is 0 Å². The average Bonchev–Trinajstić information content (AvgIpc) is 2.87. The molecule has 2 N–H and O–H groups in total. The zero-order valence-corrected chi connectivity index (χ0v) is 15.3. The van der Waals surface area contributed by atoms with Crippen LogP contribution in [0.1, 0.15) is 49.0 Å². The molecule has 5 nitrogen and oxygen atoms in total. The molecule has 25 heavy (non-hydrogen) atoms. The van der Waals surface area contributed by atoms with E-state index in [2.05, 4.69) is 20.6 Å². The highest BCUT2D eigenvalue weighted by Gasteiger charge is 2.14. The lowest BCUT2D eigenvalue weighted by Crippen LogP contribution is -2.20. The SMILES string of the molecule is O=C(Nc1ccc(Cl)cc1Cl)c1cnc(NC2CCCCCC2)cn1. The fraction of sp³-hybridized carbons (Fsp3) is 0.389. The number of benzene rings is 1. The van der Waals surface area contributed by atoms with Crippen LogP contribution < -0.4 is 10.6 Å². The first-order chi connectivity index (χ1) is 12.1. The van der Waals surface area contributed by atoms with Crippen LogP contribution in [0.15, 0.2) is 30.6 Å². The van der Waals surface area contributed by atoms with Crippen molar-refractivity contribution in [3.8, 4) is 0 Å². The van der Waals surface area contributed by atoms with E-state index in [1.165, 1.54) is 31.9 Å². The van der Waals surface area contributed by atoms with Crippen molar-refractivity contribution in [2.75, 3.05) is 10.6 Å². The molecule has 1 heterocycles. The zero-order chi connectivity index (χ0) is 17.6. The van der Waals surface area contributed by atoms with E-state index in [-0.39, 0.29) is 11.6 Å². The minimum atomic E-state index is -0.363. The van der Waals surface area contributed by atoms with E-state index in [9.17, 15) is 4.79 Å². The van der Waals surface area contributed by atoms with Gasteiger partial charge in [0.2, 0.25) is 0 Å². The Bertz CT molecular complexity index is 728. The maximum Gasteiger partial charge on any atom is 0.275 e. The molecule has 3 rings (SSSR count). The summed E-state index contributed by atoms with van der Waals surface area (Å²) in [6.07, 6.45) is 10.5. The van der Waals surface area contributed by atoms with Crippen LogP contribution in [-0.4, -0.2) is 21.9 Å². The van der Waals surface area contributed by atoms with E-state index in [1.807, 2.05) is 0 Å². The summed E-state index contributed by atoms with van der Waals surface area (Å²) in [5.74, 6) is 0.339. The average molecular weight is 379 g/mol. The van der Waals surface area contributed by atoms with Gasteiger partial charge in [0.25, 0.3) is 5.91 Å². The highest BCUT2D eigenvalue weighted by Crippen LogP contribution is 2.25. The summed E-state index contributed by atoms with van der Waals surface area (Å²) in [7, 11) is 0. The van der Waals surface area contributed by atoms with Gasteiger partial charge >= 0.3 is 0 Å². The molecule has 0 spiro atoms. The zero-order valence-electron chi connectivity index (χ0n) is 13.8. The third-order valence-electron chi connectivity index (χ3n) is 4.27. The number of hydrogen-bond donors (Lipinski definition) is 2. The molecular formula is C18H20Cl2N4O. The maximum atomic E-state index is 12.3. The van der Waals surface area contributed by atoms with Crippen LogP contribution in [0.2, 0.25) is 10.0 Å². The number of amides is 1. The van der Waals surface area contributed by atoms with E-state index in [4.69, 9.17) is 23.2 Å². The lowest BCUT2D eigenvalue weighted by atomic mass is 10.1. The Balaban J connectivity index is 1.62. The summed E-state index contributed by atoms with van der Waals surface area (Å²) in [4.78, 5) is 20.8. The van der Waals surface area contributed by atoms with E-state index in [1.54, 1.807) is 24.4 Å². The number of anilines is 2. The van der Waals surface area contributed by atoms with Crippen LogP contribution in [0, 0.1) is 0 Å². The van der Waals surface area contributed by atoms with Gasteiger partial charge in [0, 0.05) is 11.1 Å². The molecule has 1 aliphatic rings. The minimum absolute atomic E-state index is 0.234. The van der Waals surface area contributed by atoms with Crippen LogP contribution in [0.5, 0.6) is 0 Å².